The average Bonchev–Trinajstić information content (AvgIpc) is 2.99. The molecule has 4 rings (SSSR count). The van der Waals surface area contributed by atoms with Gasteiger partial charge in [-0.15, -0.1) is 0 Å². The molecule has 2 aliphatic heterocycles. The molecule has 0 aromatic heterocycles. The smallest absolute Gasteiger partial charge is 0.134 e. The van der Waals surface area contributed by atoms with E-state index < -0.39 is 0 Å². The Morgan fingerprint density at radius 2 is 1.92 bits per heavy atom. The lowest BCUT2D eigenvalue weighted by molar-refractivity contribution is -0.0839. The van der Waals surface area contributed by atoms with Crippen LogP contribution in [0, 0.1) is 11.7 Å². The van der Waals surface area contributed by atoms with Crippen molar-refractivity contribution >= 4 is 10.8 Å². The number of rotatable bonds is 3. The van der Waals surface area contributed by atoms with Crippen molar-refractivity contribution in [3.8, 4) is 0 Å². The van der Waals surface area contributed by atoms with Gasteiger partial charge in [-0.25, -0.2) is 9.82 Å². The van der Waals surface area contributed by atoms with Crippen LogP contribution in [0.5, 0.6) is 0 Å². The van der Waals surface area contributed by atoms with Gasteiger partial charge in [-0.1, -0.05) is 36.4 Å². The minimum Gasteiger partial charge on any atom is -0.317 e. The Hall–Kier alpha value is -1.95. The highest BCUT2D eigenvalue weighted by atomic mass is 19.1. The molecule has 0 bridgehead atoms. The van der Waals surface area contributed by atoms with Crippen LogP contribution in [0.4, 0.5) is 4.39 Å². The highest BCUT2D eigenvalue weighted by molar-refractivity contribution is 5.83. The molecule has 0 saturated carbocycles. The number of nitrogens with zero attached hydrogens (tertiary/aromatic N) is 1. The maximum Gasteiger partial charge on any atom is 0.134 e. The first-order valence-corrected chi connectivity index (χ1v) is 8.55. The summed E-state index contributed by atoms with van der Waals surface area (Å²) in [5, 5.41) is 15.8. The molecule has 1 unspecified atom stereocenters. The minimum atomic E-state index is -0.157. The Balaban J connectivity index is 1.60. The standard InChI is InChI=1S/C19H22FN3O/c20-19-15(6-5-13-3-1-2-4-16(13)19)11-18-17(12-23(24)22-18)14-7-9-21-10-8-14/h1-6,12,14,18,21-22,24H,7-11H2. The number of halogens is 1. The zero-order valence-electron chi connectivity index (χ0n) is 13.5. The third kappa shape index (κ3) is 2.90. The van der Waals surface area contributed by atoms with Gasteiger partial charge in [-0.05, 0) is 54.8 Å². The van der Waals surface area contributed by atoms with Crippen LogP contribution in [-0.2, 0) is 6.42 Å². The second-order valence-corrected chi connectivity index (χ2v) is 6.64. The Kier molecular flexibility index (Phi) is 4.22. The van der Waals surface area contributed by atoms with Gasteiger partial charge in [0.25, 0.3) is 0 Å². The molecule has 2 aromatic carbocycles. The van der Waals surface area contributed by atoms with Gasteiger partial charge >= 0.3 is 0 Å². The van der Waals surface area contributed by atoms with Crippen molar-refractivity contribution in [2.45, 2.75) is 25.3 Å². The number of nitrogens with one attached hydrogen (secondary N) is 2. The van der Waals surface area contributed by atoms with Gasteiger partial charge in [-0.3, -0.25) is 5.21 Å². The molecular weight excluding hydrogens is 305 g/mol. The summed E-state index contributed by atoms with van der Waals surface area (Å²) in [5.41, 5.74) is 4.89. The van der Waals surface area contributed by atoms with E-state index in [1.54, 1.807) is 6.20 Å². The van der Waals surface area contributed by atoms with Crippen LogP contribution < -0.4 is 10.7 Å². The van der Waals surface area contributed by atoms with Crippen LogP contribution in [0.15, 0.2) is 48.2 Å². The number of benzene rings is 2. The first-order chi connectivity index (χ1) is 11.7. The Labute approximate surface area is 140 Å². The van der Waals surface area contributed by atoms with Crippen molar-refractivity contribution in [3.05, 3.63) is 59.6 Å². The third-order valence-electron chi connectivity index (χ3n) is 5.14. The molecule has 5 heteroatoms. The molecule has 0 amide bonds. The number of hydrogen-bond donors (Lipinski definition) is 3. The summed E-state index contributed by atoms with van der Waals surface area (Å²) in [7, 11) is 0. The maximum absolute atomic E-state index is 14.9. The quantitative estimate of drug-likeness (QED) is 0.811. The van der Waals surface area contributed by atoms with Crippen LogP contribution in [0.25, 0.3) is 10.8 Å². The van der Waals surface area contributed by atoms with Crippen LogP contribution in [0.3, 0.4) is 0 Å². The molecule has 1 atom stereocenters. The third-order valence-corrected chi connectivity index (χ3v) is 5.14. The van der Waals surface area contributed by atoms with Crippen LogP contribution in [-0.4, -0.2) is 29.5 Å². The lowest BCUT2D eigenvalue weighted by atomic mass is 9.84. The van der Waals surface area contributed by atoms with Gasteiger partial charge in [0.2, 0.25) is 0 Å². The van der Waals surface area contributed by atoms with Crippen molar-refractivity contribution in [2.24, 2.45) is 5.92 Å². The van der Waals surface area contributed by atoms with E-state index in [0.717, 1.165) is 36.5 Å². The molecule has 1 saturated heterocycles. The summed E-state index contributed by atoms with van der Waals surface area (Å²) in [5.74, 6) is 0.278. The fourth-order valence-corrected chi connectivity index (χ4v) is 3.87. The molecule has 24 heavy (non-hydrogen) atoms. The molecular formula is C19H22FN3O. The van der Waals surface area contributed by atoms with E-state index >= 15 is 0 Å². The first-order valence-electron chi connectivity index (χ1n) is 8.55. The number of piperidine rings is 1. The van der Waals surface area contributed by atoms with Crippen molar-refractivity contribution in [2.75, 3.05) is 13.1 Å². The topological polar surface area (TPSA) is 47.5 Å². The van der Waals surface area contributed by atoms with E-state index in [1.165, 1.54) is 5.57 Å². The van der Waals surface area contributed by atoms with Gasteiger partial charge < -0.3 is 5.32 Å². The summed E-state index contributed by atoms with van der Waals surface area (Å²) >= 11 is 0. The molecule has 1 fully saturated rings. The summed E-state index contributed by atoms with van der Waals surface area (Å²) < 4.78 is 14.9. The van der Waals surface area contributed by atoms with Crippen molar-refractivity contribution in [1.82, 2.24) is 15.9 Å². The highest BCUT2D eigenvalue weighted by Crippen LogP contribution is 2.30. The lowest BCUT2D eigenvalue weighted by Gasteiger charge is -2.27. The average molecular weight is 327 g/mol. The lowest BCUT2D eigenvalue weighted by Crippen LogP contribution is -2.38. The fraction of sp³-hybridized carbons (Fsp3) is 0.368. The largest absolute Gasteiger partial charge is 0.317 e. The summed E-state index contributed by atoms with van der Waals surface area (Å²) in [6.07, 6.45) is 4.40. The summed E-state index contributed by atoms with van der Waals surface area (Å²) in [4.78, 5) is 0. The second kappa shape index (κ2) is 6.51. The second-order valence-electron chi connectivity index (χ2n) is 6.64. The first kappa shape index (κ1) is 15.6. The molecule has 2 heterocycles. The molecule has 2 aromatic rings. The van der Waals surface area contributed by atoms with E-state index in [4.69, 9.17) is 0 Å². The van der Waals surface area contributed by atoms with Gasteiger partial charge in [0.05, 0.1) is 6.04 Å². The van der Waals surface area contributed by atoms with Crippen LogP contribution in [0.2, 0.25) is 0 Å². The van der Waals surface area contributed by atoms with E-state index in [9.17, 15) is 9.60 Å². The van der Waals surface area contributed by atoms with Gasteiger partial charge in [0.15, 0.2) is 0 Å². The van der Waals surface area contributed by atoms with E-state index in [2.05, 4.69) is 10.7 Å². The van der Waals surface area contributed by atoms with Crippen LogP contribution in [0.1, 0.15) is 18.4 Å². The van der Waals surface area contributed by atoms with Gasteiger partial charge in [0, 0.05) is 11.6 Å². The predicted molar refractivity (Wildman–Crippen MR) is 91.8 cm³/mol. The monoisotopic (exact) mass is 327 g/mol. The van der Waals surface area contributed by atoms with Crippen molar-refractivity contribution < 1.29 is 9.60 Å². The molecule has 3 N–H and O–H groups in total. The van der Waals surface area contributed by atoms with Crippen LogP contribution >= 0.6 is 0 Å². The summed E-state index contributed by atoms with van der Waals surface area (Å²) in [6, 6.07) is 11.3. The predicted octanol–water partition coefficient (Wildman–Crippen LogP) is 2.98. The maximum atomic E-state index is 14.9. The molecule has 126 valence electrons. The normalized spacial score (nSPS) is 22.2. The number of hydroxylamine groups is 1. The Morgan fingerprint density at radius 1 is 1.12 bits per heavy atom. The molecule has 0 aliphatic carbocycles. The molecule has 2 aliphatic rings. The molecule has 0 radical (unpaired) electrons. The minimum absolute atomic E-state index is 0.0613. The van der Waals surface area contributed by atoms with E-state index in [1.807, 2.05) is 36.4 Å². The van der Waals surface area contributed by atoms with E-state index in [-0.39, 0.29) is 11.9 Å². The summed E-state index contributed by atoms with van der Waals surface area (Å²) in [6.45, 7) is 1.98. The van der Waals surface area contributed by atoms with Crippen molar-refractivity contribution in [1.29, 1.82) is 0 Å². The Bertz CT molecular complexity index is 770. The van der Waals surface area contributed by atoms with Gasteiger partial charge in [-0.2, -0.15) is 5.17 Å². The molecule has 0 spiro atoms. The number of hydrogen-bond acceptors (Lipinski definition) is 4. The number of hydrazine groups is 1. The zero-order valence-corrected chi connectivity index (χ0v) is 13.5. The number of fused-ring (bicyclic) bond motifs is 1. The van der Waals surface area contributed by atoms with Crippen molar-refractivity contribution in [3.63, 3.8) is 0 Å². The van der Waals surface area contributed by atoms with Gasteiger partial charge in [0.1, 0.15) is 5.82 Å². The zero-order chi connectivity index (χ0) is 16.5. The highest BCUT2D eigenvalue weighted by Gasteiger charge is 2.30. The Morgan fingerprint density at radius 3 is 2.75 bits per heavy atom. The SMILES string of the molecule is ON1C=C(C2CCNCC2)C(Cc2ccc3ccccc3c2F)N1. The fourth-order valence-electron chi connectivity index (χ4n) is 3.87. The van der Waals surface area contributed by atoms with E-state index in [0.29, 0.717) is 23.3 Å². The molecule has 4 nitrogen and oxygen atoms in total.